The van der Waals surface area contributed by atoms with Crippen LogP contribution >= 0.6 is 22.7 Å². The summed E-state index contributed by atoms with van der Waals surface area (Å²) in [6.45, 7) is 10.7. The SMILES string of the molecule is CCc1cnc(C(C)NC(C)c2sc(C)nc2C)s1. The maximum Gasteiger partial charge on any atom is 0.109 e. The van der Waals surface area contributed by atoms with Crippen LogP contribution in [-0.4, -0.2) is 9.97 Å². The van der Waals surface area contributed by atoms with Gasteiger partial charge in [0.2, 0.25) is 0 Å². The standard InChI is InChI=1S/C14H21N3S2/c1-6-12-7-15-14(19-12)10(4)16-8(2)13-9(3)17-11(5)18-13/h7-8,10,16H,6H2,1-5H3. The van der Waals surface area contributed by atoms with E-state index < -0.39 is 0 Å². The van der Waals surface area contributed by atoms with Gasteiger partial charge in [-0.15, -0.1) is 22.7 Å². The lowest BCUT2D eigenvalue weighted by molar-refractivity contribution is 0.496. The van der Waals surface area contributed by atoms with E-state index in [4.69, 9.17) is 0 Å². The second kappa shape index (κ2) is 6.11. The third-order valence-electron chi connectivity index (χ3n) is 3.12. The summed E-state index contributed by atoms with van der Waals surface area (Å²) >= 11 is 3.58. The number of aryl methyl sites for hydroxylation is 3. The van der Waals surface area contributed by atoms with Crippen molar-refractivity contribution in [1.82, 2.24) is 15.3 Å². The normalized spacial score (nSPS) is 14.6. The van der Waals surface area contributed by atoms with E-state index in [1.807, 2.05) is 6.20 Å². The summed E-state index contributed by atoms with van der Waals surface area (Å²) in [6, 6.07) is 0.595. The highest BCUT2D eigenvalue weighted by atomic mass is 32.1. The molecule has 0 aliphatic heterocycles. The average Bonchev–Trinajstić information content (AvgIpc) is 2.95. The first-order chi connectivity index (χ1) is 9.01. The van der Waals surface area contributed by atoms with Gasteiger partial charge in [-0.3, -0.25) is 0 Å². The van der Waals surface area contributed by atoms with Crippen LogP contribution in [0.25, 0.3) is 0 Å². The summed E-state index contributed by atoms with van der Waals surface area (Å²) in [5.74, 6) is 0. The van der Waals surface area contributed by atoms with Crippen molar-refractivity contribution in [3.63, 3.8) is 0 Å². The first-order valence-corrected chi connectivity index (χ1v) is 8.29. The summed E-state index contributed by atoms with van der Waals surface area (Å²) in [4.78, 5) is 11.7. The van der Waals surface area contributed by atoms with Gasteiger partial charge in [-0.1, -0.05) is 6.92 Å². The third kappa shape index (κ3) is 3.41. The van der Waals surface area contributed by atoms with E-state index in [9.17, 15) is 0 Å². The third-order valence-corrected chi connectivity index (χ3v) is 5.70. The van der Waals surface area contributed by atoms with Crippen LogP contribution < -0.4 is 5.32 Å². The molecule has 1 N–H and O–H groups in total. The van der Waals surface area contributed by atoms with E-state index in [2.05, 4.69) is 49.9 Å². The Labute approximate surface area is 123 Å². The second-order valence-corrected chi connectivity index (χ2v) is 7.19. The molecule has 0 aliphatic carbocycles. The Balaban J connectivity index is 2.06. The number of hydrogen-bond acceptors (Lipinski definition) is 5. The van der Waals surface area contributed by atoms with Crippen molar-refractivity contribution >= 4 is 22.7 Å². The van der Waals surface area contributed by atoms with Crippen molar-refractivity contribution in [3.8, 4) is 0 Å². The van der Waals surface area contributed by atoms with Crippen molar-refractivity contribution in [2.24, 2.45) is 0 Å². The Morgan fingerprint density at radius 3 is 2.47 bits per heavy atom. The Hall–Kier alpha value is -0.780. The zero-order chi connectivity index (χ0) is 14.0. The minimum atomic E-state index is 0.280. The highest BCUT2D eigenvalue weighted by Gasteiger charge is 2.17. The molecule has 0 amide bonds. The molecule has 2 heterocycles. The molecule has 0 saturated heterocycles. The topological polar surface area (TPSA) is 37.8 Å². The molecule has 2 atom stereocenters. The zero-order valence-corrected chi connectivity index (χ0v) is 13.8. The monoisotopic (exact) mass is 295 g/mol. The van der Waals surface area contributed by atoms with Crippen LogP contribution in [0.3, 0.4) is 0 Å². The molecule has 2 rings (SSSR count). The molecular formula is C14H21N3S2. The molecule has 2 unspecified atom stereocenters. The predicted molar refractivity (Wildman–Crippen MR) is 83.0 cm³/mol. The molecule has 2 aromatic heterocycles. The van der Waals surface area contributed by atoms with Crippen LogP contribution in [0.2, 0.25) is 0 Å². The first-order valence-electron chi connectivity index (χ1n) is 6.65. The summed E-state index contributed by atoms with van der Waals surface area (Å²) in [5, 5.41) is 5.93. The Morgan fingerprint density at radius 2 is 1.95 bits per heavy atom. The quantitative estimate of drug-likeness (QED) is 0.898. The number of aromatic nitrogens is 2. The number of nitrogens with one attached hydrogen (secondary N) is 1. The molecule has 104 valence electrons. The van der Waals surface area contributed by atoms with Gasteiger partial charge >= 0.3 is 0 Å². The van der Waals surface area contributed by atoms with Crippen molar-refractivity contribution < 1.29 is 0 Å². The summed E-state index contributed by atoms with van der Waals surface area (Å²) in [6.07, 6.45) is 3.05. The zero-order valence-electron chi connectivity index (χ0n) is 12.2. The molecule has 5 heteroatoms. The van der Waals surface area contributed by atoms with Gasteiger partial charge in [-0.05, 0) is 34.1 Å². The molecule has 0 aliphatic rings. The molecule has 19 heavy (non-hydrogen) atoms. The molecule has 0 spiro atoms. The lowest BCUT2D eigenvalue weighted by Gasteiger charge is -2.17. The molecule has 0 bridgehead atoms. The van der Waals surface area contributed by atoms with Crippen molar-refractivity contribution in [2.45, 2.75) is 53.1 Å². The molecule has 3 nitrogen and oxygen atoms in total. The highest BCUT2D eigenvalue weighted by Crippen LogP contribution is 2.28. The fourth-order valence-electron chi connectivity index (χ4n) is 2.16. The number of rotatable bonds is 5. The average molecular weight is 295 g/mol. The van der Waals surface area contributed by atoms with Gasteiger partial charge < -0.3 is 5.32 Å². The van der Waals surface area contributed by atoms with Crippen LogP contribution in [0.4, 0.5) is 0 Å². The van der Waals surface area contributed by atoms with Crippen molar-refractivity contribution in [3.05, 3.63) is 31.7 Å². The first kappa shape index (κ1) is 14.6. The van der Waals surface area contributed by atoms with E-state index in [1.54, 1.807) is 22.7 Å². The van der Waals surface area contributed by atoms with Gasteiger partial charge in [0.05, 0.1) is 16.7 Å². The van der Waals surface area contributed by atoms with Crippen molar-refractivity contribution in [1.29, 1.82) is 0 Å². The van der Waals surface area contributed by atoms with Crippen LogP contribution in [-0.2, 0) is 6.42 Å². The fourth-order valence-corrected chi connectivity index (χ4v) is 3.96. The second-order valence-electron chi connectivity index (χ2n) is 4.81. The van der Waals surface area contributed by atoms with E-state index in [-0.39, 0.29) is 6.04 Å². The summed E-state index contributed by atoms with van der Waals surface area (Å²) in [5.41, 5.74) is 1.14. The molecule has 0 fully saturated rings. The predicted octanol–water partition coefficient (Wildman–Crippen LogP) is 4.19. The van der Waals surface area contributed by atoms with Crippen LogP contribution in [0.15, 0.2) is 6.20 Å². The molecular weight excluding hydrogens is 274 g/mol. The Morgan fingerprint density at radius 1 is 1.21 bits per heavy atom. The lowest BCUT2D eigenvalue weighted by atomic mass is 10.2. The minimum Gasteiger partial charge on any atom is -0.301 e. The van der Waals surface area contributed by atoms with Gasteiger partial charge in [0.15, 0.2) is 0 Å². The van der Waals surface area contributed by atoms with E-state index >= 15 is 0 Å². The largest absolute Gasteiger partial charge is 0.301 e. The Kier molecular flexibility index (Phi) is 4.71. The van der Waals surface area contributed by atoms with Crippen LogP contribution in [0.1, 0.15) is 58.3 Å². The van der Waals surface area contributed by atoms with Crippen LogP contribution in [0.5, 0.6) is 0 Å². The maximum absolute atomic E-state index is 4.51. The highest BCUT2D eigenvalue weighted by molar-refractivity contribution is 7.12. The number of hydrogen-bond donors (Lipinski definition) is 1. The van der Waals surface area contributed by atoms with Gasteiger partial charge in [0, 0.05) is 22.0 Å². The van der Waals surface area contributed by atoms with Gasteiger partial charge in [0.1, 0.15) is 5.01 Å². The number of nitrogens with zero attached hydrogens (tertiary/aromatic N) is 2. The smallest absolute Gasteiger partial charge is 0.109 e. The lowest BCUT2D eigenvalue weighted by Crippen LogP contribution is -2.22. The molecule has 0 saturated carbocycles. The molecule has 0 aromatic carbocycles. The molecule has 0 radical (unpaired) electrons. The van der Waals surface area contributed by atoms with E-state index in [1.165, 1.54) is 14.8 Å². The van der Waals surface area contributed by atoms with Gasteiger partial charge in [0.25, 0.3) is 0 Å². The van der Waals surface area contributed by atoms with Gasteiger partial charge in [-0.2, -0.15) is 0 Å². The minimum absolute atomic E-state index is 0.280. The molecule has 2 aromatic rings. The fraction of sp³-hybridized carbons (Fsp3) is 0.571. The maximum atomic E-state index is 4.51. The van der Waals surface area contributed by atoms with E-state index in [0.29, 0.717) is 6.04 Å². The van der Waals surface area contributed by atoms with Gasteiger partial charge in [-0.25, -0.2) is 9.97 Å². The summed E-state index contributed by atoms with van der Waals surface area (Å²) in [7, 11) is 0. The Bertz CT molecular complexity index is 545. The van der Waals surface area contributed by atoms with Crippen LogP contribution in [0, 0.1) is 13.8 Å². The van der Waals surface area contributed by atoms with Crippen molar-refractivity contribution in [2.75, 3.05) is 0 Å². The summed E-state index contributed by atoms with van der Waals surface area (Å²) < 4.78 is 0. The van der Waals surface area contributed by atoms with E-state index in [0.717, 1.165) is 17.1 Å². The number of thiazole rings is 2.